The summed E-state index contributed by atoms with van der Waals surface area (Å²) in [6.07, 6.45) is 1.48. The molecule has 0 bridgehead atoms. The van der Waals surface area contributed by atoms with Crippen molar-refractivity contribution in [3.63, 3.8) is 0 Å². The fourth-order valence-corrected chi connectivity index (χ4v) is 3.34. The van der Waals surface area contributed by atoms with Crippen molar-refractivity contribution in [2.24, 2.45) is 0 Å². The maximum absolute atomic E-state index is 12.6. The Labute approximate surface area is 162 Å². The molecular formula is C18H16Cl2O5S. The van der Waals surface area contributed by atoms with Crippen LogP contribution in [0, 0.1) is 0 Å². The van der Waals surface area contributed by atoms with Crippen LogP contribution in [0.15, 0.2) is 68.9 Å². The van der Waals surface area contributed by atoms with Crippen LogP contribution in [0.1, 0.15) is 6.92 Å². The highest BCUT2D eigenvalue weighted by atomic mass is 35.5. The number of ether oxygens (including phenoxy) is 2. The predicted molar refractivity (Wildman–Crippen MR) is 99.8 cm³/mol. The van der Waals surface area contributed by atoms with E-state index >= 15 is 0 Å². The van der Waals surface area contributed by atoms with Gasteiger partial charge in [-0.1, -0.05) is 23.2 Å². The Morgan fingerprint density at radius 1 is 0.923 bits per heavy atom. The number of hydrogen-bond donors (Lipinski definition) is 0. The molecular weight excluding hydrogens is 399 g/mol. The fourth-order valence-electron chi connectivity index (χ4n) is 1.95. The average molecular weight is 415 g/mol. The molecule has 0 atom stereocenters. The quantitative estimate of drug-likeness (QED) is 0.647. The lowest BCUT2D eigenvalue weighted by molar-refractivity contribution is -0.118. The van der Waals surface area contributed by atoms with Crippen molar-refractivity contribution in [1.82, 2.24) is 0 Å². The molecule has 0 radical (unpaired) electrons. The predicted octanol–water partition coefficient (Wildman–Crippen LogP) is 4.19. The van der Waals surface area contributed by atoms with Gasteiger partial charge in [0.05, 0.1) is 9.79 Å². The van der Waals surface area contributed by atoms with E-state index in [-0.39, 0.29) is 33.3 Å². The largest absolute Gasteiger partial charge is 0.489 e. The second-order valence-electron chi connectivity index (χ2n) is 5.24. The third-order valence-electron chi connectivity index (χ3n) is 3.20. The van der Waals surface area contributed by atoms with Crippen LogP contribution in [-0.2, 0) is 14.6 Å². The monoisotopic (exact) mass is 414 g/mol. The van der Waals surface area contributed by atoms with Gasteiger partial charge in [-0.15, -0.1) is 0 Å². The number of carbonyl (C=O) groups excluding carboxylic acids is 1. The molecule has 26 heavy (non-hydrogen) atoms. The van der Waals surface area contributed by atoms with Gasteiger partial charge >= 0.3 is 0 Å². The molecule has 0 aliphatic rings. The highest BCUT2D eigenvalue weighted by Crippen LogP contribution is 2.25. The topological polar surface area (TPSA) is 69.7 Å². The SMILES string of the molecule is CC(=O)COc1ccc(S(=O)(=O)c2ccc(OCC=C(Cl)Cl)cc2)cc1. The van der Waals surface area contributed by atoms with Crippen molar-refractivity contribution >= 4 is 38.8 Å². The van der Waals surface area contributed by atoms with Crippen LogP contribution in [0.4, 0.5) is 0 Å². The van der Waals surface area contributed by atoms with Crippen molar-refractivity contribution in [1.29, 1.82) is 0 Å². The number of Topliss-reactive ketones (excluding diaryl/α,β-unsaturated/α-hetero) is 1. The van der Waals surface area contributed by atoms with Crippen molar-refractivity contribution in [3.05, 3.63) is 59.1 Å². The number of ketones is 1. The summed E-state index contributed by atoms with van der Waals surface area (Å²) in [6.45, 7) is 1.53. The maximum atomic E-state index is 12.6. The van der Waals surface area contributed by atoms with Gasteiger partial charge in [0, 0.05) is 0 Å². The number of hydrogen-bond acceptors (Lipinski definition) is 5. The number of benzene rings is 2. The van der Waals surface area contributed by atoms with Crippen molar-refractivity contribution in [2.45, 2.75) is 16.7 Å². The number of sulfone groups is 1. The molecule has 0 saturated heterocycles. The van der Waals surface area contributed by atoms with Crippen LogP contribution >= 0.6 is 23.2 Å². The van der Waals surface area contributed by atoms with E-state index in [4.69, 9.17) is 32.7 Å². The molecule has 0 spiro atoms. The summed E-state index contributed by atoms with van der Waals surface area (Å²) < 4.78 is 36.0. The second kappa shape index (κ2) is 9.07. The smallest absolute Gasteiger partial charge is 0.206 e. The van der Waals surface area contributed by atoms with Gasteiger partial charge in [-0.2, -0.15) is 0 Å². The molecule has 0 amide bonds. The zero-order chi connectivity index (χ0) is 19.2. The minimum atomic E-state index is -3.67. The molecule has 0 saturated carbocycles. The highest BCUT2D eigenvalue weighted by molar-refractivity contribution is 7.91. The molecule has 0 unspecified atom stereocenters. The molecule has 0 heterocycles. The van der Waals surface area contributed by atoms with Gasteiger partial charge in [0.1, 0.15) is 29.2 Å². The van der Waals surface area contributed by atoms with E-state index in [2.05, 4.69) is 0 Å². The zero-order valence-electron chi connectivity index (χ0n) is 13.8. The lowest BCUT2D eigenvalue weighted by Gasteiger charge is -2.08. The first-order valence-corrected chi connectivity index (χ1v) is 9.74. The summed E-state index contributed by atoms with van der Waals surface area (Å²) in [5.41, 5.74) is 0. The first kappa shape index (κ1) is 20.3. The Balaban J connectivity index is 2.11. The minimum absolute atomic E-state index is 0.0579. The van der Waals surface area contributed by atoms with Crippen molar-refractivity contribution in [2.75, 3.05) is 13.2 Å². The first-order chi connectivity index (χ1) is 12.3. The third-order valence-corrected chi connectivity index (χ3v) is 5.29. The second-order valence-corrected chi connectivity index (χ2v) is 8.20. The van der Waals surface area contributed by atoms with E-state index in [1.165, 1.54) is 49.4 Å². The normalized spacial score (nSPS) is 10.9. The van der Waals surface area contributed by atoms with Gasteiger partial charge in [-0.3, -0.25) is 4.79 Å². The Morgan fingerprint density at radius 2 is 1.38 bits per heavy atom. The Morgan fingerprint density at radius 3 is 1.81 bits per heavy atom. The zero-order valence-corrected chi connectivity index (χ0v) is 16.1. The molecule has 138 valence electrons. The number of carbonyl (C=O) groups is 1. The molecule has 8 heteroatoms. The Hall–Kier alpha value is -2.02. The van der Waals surface area contributed by atoms with E-state index in [1.54, 1.807) is 12.1 Å². The minimum Gasteiger partial charge on any atom is -0.489 e. The van der Waals surface area contributed by atoms with Crippen LogP contribution in [0.5, 0.6) is 11.5 Å². The molecule has 0 aromatic heterocycles. The number of rotatable bonds is 8. The van der Waals surface area contributed by atoms with E-state index in [0.717, 1.165) is 0 Å². The van der Waals surface area contributed by atoms with Gasteiger partial charge in [0.15, 0.2) is 5.78 Å². The van der Waals surface area contributed by atoms with Crippen LogP contribution in [0.3, 0.4) is 0 Å². The fraction of sp³-hybridized carbons (Fsp3) is 0.167. The van der Waals surface area contributed by atoms with Crippen molar-refractivity contribution in [3.8, 4) is 11.5 Å². The lowest BCUT2D eigenvalue weighted by atomic mass is 10.3. The average Bonchev–Trinajstić information content (AvgIpc) is 2.60. The van der Waals surface area contributed by atoms with Crippen LogP contribution in [0.2, 0.25) is 0 Å². The molecule has 0 N–H and O–H groups in total. The van der Waals surface area contributed by atoms with Crippen molar-refractivity contribution < 1.29 is 22.7 Å². The van der Waals surface area contributed by atoms with Gasteiger partial charge < -0.3 is 9.47 Å². The molecule has 0 aliphatic carbocycles. The van der Waals surface area contributed by atoms with Gasteiger partial charge in [0.2, 0.25) is 9.84 Å². The number of halogens is 2. The van der Waals surface area contributed by atoms with E-state index < -0.39 is 9.84 Å². The van der Waals surface area contributed by atoms with Crippen LogP contribution in [0.25, 0.3) is 0 Å². The highest BCUT2D eigenvalue weighted by Gasteiger charge is 2.17. The molecule has 2 aromatic rings. The summed E-state index contributed by atoms with van der Waals surface area (Å²) in [5, 5.41) is 0. The lowest BCUT2D eigenvalue weighted by Crippen LogP contribution is -2.07. The van der Waals surface area contributed by atoms with Gasteiger partial charge in [-0.05, 0) is 61.5 Å². The summed E-state index contributed by atoms with van der Waals surface area (Å²) in [5.74, 6) is 0.796. The summed E-state index contributed by atoms with van der Waals surface area (Å²) >= 11 is 11.0. The molecule has 2 rings (SSSR count). The standard InChI is InChI=1S/C18H16Cl2O5S/c1-13(21)12-25-15-4-8-17(9-5-15)26(22,23)16-6-2-14(3-7-16)24-11-10-18(19)20/h2-10H,11-12H2,1H3. The Bertz CT molecular complexity index is 884. The Kier molecular flexibility index (Phi) is 7.08. The van der Waals surface area contributed by atoms with E-state index in [0.29, 0.717) is 11.5 Å². The first-order valence-electron chi connectivity index (χ1n) is 7.50. The molecule has 5 nitrogen and oxygen atoms in total. The molecule has 0 aliphatic heterocycles. The van der Waals surface area contributed by atoms with Gasteiger partial charge in [-0.25, -0.2) is 8.42 Å². The molecule has 2 aromatic carbocycles. The third kappa shape index (κ3) is 5.76. The van der Waals surface area contributed by atoms with E-state index in [1.807, 2.05) is 0 Å². The van der Waals surface area contributed by atoms with E-state index in [9.17, 15) is 13.2 Å². The summed E-state index contributed by atoms with van der Waals surface area (Å²) in [6, 6.07) is 11.9. The van der Waals surface area contributed by atoms with Crippen LogP contribution in [-0.4, -0.2) is 27.4 Å². The van der Waals surface area contributed by atoms with Gasteiger partial charge in [0.25, 0.3) is 0 Å². The summed E-state index contributed by atoms with van der Waals surface area (Å²) in [7, 11) is -3.67. The van der Waals surface area contributed by atoms with Crippen LogP contribution < -0.4 is 9.47 Å². The maximum Gasteiger partial charge on any atom is 0.206 e. The summed E-state index contributed by atoms with van der Waals surface area (Å²) in [4.78, 5) is 11.2. The molecule has 0 fully saturated rings.